The van der Waals surface area contributed by atoms with E-state index >= 15 is 0 Å². The summed E-state index contributed by atoms with van der Waals surface area (Å²) in [5.74, 6) is 0.355. The third-order valence-corrected chi connectivity index (χ3v) is 3.04. The molecule has 0 unspecified atom stereocenters. The summed E-state index contributed by atoms with van der Waals surface area (Å²) in [5, 5.41) is 0.198. The van der Waals surface area contributed by atoms with Crippen molar-refractivity contribution < 1.29 is 9.13 Å². The van der Waals surface area contributed by atoms with Crippen molar-refractivity contribution in [2.75, 3.05) is 0 Å². The molecule has 19 heavy (non-hydrogen) atoms. The molecule has 0 spiro atoms. The molecule has 3 nitrogen and oxygen atoms in total. The molecule has 0 aliphatic heterocycles. The monoisotopic (exact) mass is 280 g/mol. The SMILES string of the molecule is Cc1cc(C)c(CN)c(Oc2ccc(F)cc2Cl)n1. The van der Waals surface area contributed by atoms with Crippen LogP contribution in [0.25, 0.3) is 0 Å². The van der Waals surface area contributed by atoms with Crippen molar-refractivity contribution in [2.45, 2.75) is 20.4 Å². The Morgan fingerprint density at radius 3 is 2.68 bits per heavy atom. The molecule has 2 rings (SSSR count). The number of pyridine rings is 1. The number of aromatic nitrogens is 1. The lowest BCUT2D eigenvalue weighted by Gasteiger charge is -2.13. The summed E-state index contributed by atoms with van der Waals surface area (Å²) >= 11 is 5.93. The van der Waals surface area contributed by atoms with Crippen molar-refractivity contribution in [1.29, 1.82) is 0 Å². The van der Waals surface area contributed by atoms with Crippen LogP contribution in [-0.4, -0.2) is 4.98 Å². The van der Waals surface area contributed by atoms with Crippen LogP contribution in [0.2, 0.25) is 5.02 Å². The Labute approximate surface area is 116 Å². The van der Waals surface area contributed by atoms with Gasteiger partial charge < -0.3 is 10.5 Å². The van der Waals surface area contributed by atoms with Gasteiger partial charge in [-0.25, -0.2) is 9.37 Å². The van der Waals surface area contributed by atoms with Gasteiger partial charge in [-0.1, -0.05) is 11.6 Å². The van der Waals surface area contributed by atoms with E-state index in [0.29, 0.717) is 18.2 Å². The molecule has 1 heterocycles. The fourth-order valence-electron chi connectivity index (χ4n) is 1.82. The summed E-state index contributed by atoms with van der Waals surface area (Å²) < 4.78 is 18.6. The van der Waals surface area contributed by atoms with Gasteiger partial charge in [-0.3, -0.25) is 0 Å². The summed E-state index contributed by atoms with van der Waals surface area (Å²) in [6.07, 6.45) is 0. The molecule has 0 aliphatic carbocycles. The highest BCUT2D eigenvalue weighted by Crippen LogP contribution is 2.31. The molecule has 100 valence electrons. The maximum atomic E-state index is 13.0. The molecular weight excluding hydrogens is 267 g/mol. The molecule has 2 aromatic rings. The van der Waals surface area contributed by atoms with Crippen molar-refractivity contribution in [3.63, 3.8) is 0 Å². The first-order valence-electron chi connectivity index (χ1n) is 5.81. The summed E-state index contributed by atoms with van der Waals surface area (Å²) in [5.41, 5.74) is 8.34. The number of nitrogens with zero attached hydrogens (tertiary/aromatic N) is 1. The highest BCUT2D eigenvalue weighted by atomic mass is 35.5. The largest absolute Gasteiger partial charge is 0.437 e. The molecule has 0 fully saturated rings. The van der Waals surface area contributed by atoms with E-state index in [1.807, 2.05) is 19.9 Å². The minimum atomic E-state index is -0.412. The molecule has 1 aromatic heterocycles. The van der Waals surface area contributed by atoms with Crippen LogP contribution in [0, 0.1) is 19.7 Å². The van der Waals surface area contributed by atoms with Crippen LogP contribution in [0.15, 0.2) is 24.3 Å². The van der Waals surface area contributed by atoms with Crippen molar-refractivity contribution in [3.05, 3.63) is 51.9 Å². The number of rotatable bonds is 3. The topological polar surface area (TPSA) is 48.1 Å². The maximum absolute atomic E-state index is 13.0. The average molecular weight is 281 g/mol. The lowest BCUT2D eigenvalue weighted by Crippen LogP contribution is -2.05. The van der Waals surface area contributed by atoms with Gasteiger partial charge in [0.05, 0.1) is 5.02 Å². The number of hydrogen-bond donors (Lipinski definition) is 1. The molecule has 1 aromatic carbocycles. The van der Waals surface area contributed by atoms with E-state index in [9.17, 15) is 4.39 Å². The average Bonchev–Trinajstić information content (AvgIpc) is 2.32. The van der Waals surface area contributed by atoms with E-state index in [1.165, 1.54) is 18.2 Å². The summed E-state index contributed by atoms with van der Waals surface area (Å²) in [7, 11) is 0. The highest BCUT2D eigenvalue weighted by Gasteiger charge is 2.12. The van der Waals surface area contributed by atoms with Crippen molar-refractivity contribution >= 4 is 11.6 Å². The number of ether oxygens (including phenoxy) is 1. The lowest BCUT2D eigenvalue weighted by atomic mass is 10.1. The Morgan fingerprint density at radius 1 is 1.32 bits per heavy atom. The molecule has 0 atom stereocenters. The van der Waals surface area contributed by atoms with Crippen molar-refractivity contribution in [1.82, 2.24) is 4.98 Å². The van der Waals surface area contributed by atoms with Crippen LogP contribution < -0.4 is 10.5 Å². The first-order chi connectivity index (χ1) is 9.01. The zero-order chi connectivity index (χ0) is 14.0. The summed E-state index contributed by atoms with van der Waals surface area (Å²) in [4.78, 5) is 4.31. The van der Waals surface area contributed by atoms with Crippen LogP contribution in [0.5, 0.6) is 11.6 Å². The summed E-state index contributed by atoms with van der Waals surface area (Å²) in [6.45, 7) is 4.12. The van der Waals surface area contributed by atoms with Gasteiger partial charge in [-0.2, -0.15) is 0 Å². The maximum Gasteiger partial charge on any atom is 0.224 e. The second-order valence-corrected chi connectivity index (χ2v) is 4.65. The van der Waals surface area contributed by atoms with Crippen LogP contribution in [0.3, 0.4) is 0 Å². The van der Waals surface area contributed by atoms with Gasteiger partial charge in [0, 0.05) is 17.8 Å². The smallest absolute Gasteiger partial charge is 0.224 e. The highest BCUT2D eigenvalue weighted by molar-refractivity contribution is 6.32. The Hall–Kier alpha value is -1.65. The van der Waals surface area contributed by atoms with Gasteiger partial charge in [0.1, 0.15) is 11.6 Å². The molecular formula is C14H14ClFN2O. The Morgan fingerprint density at radius 2 is 2.05 bits per heavy atom. The molecule has 0 saturated heterocycles. The predicted octanol–water partition coefficient (Wildman–Crippen LogP) is 3.74. The Kier molecular flexibility index (Phi) is 4.02. The van der Waals surface area contributed by atoms with Crippen LogP contribution in [0.4, 0.5) is 4.39 Å². The fraction of sp³-hybridized carbons (Fsp3) is 0.214. The zero-order valence-electron chi connectivity index (χ0n) is 10.7. The van der Waals surface area contributed by atoms with Gasteiger partial charge >= 0.3 is 0 Å². The van der Waals surface area contributed by atoms with Gasteiger partial charge in [0.2, 0.25) is 5.88 Å². The lowest BCUT2D eigenvalue weighted by molar-refractivity contribution is 0.453. The molecule has 0 aliphatic rings. The van der Waals surface area contributed by atoms with E-state index in [-0.39, 0.29) is 5.02 Å². The quantitative estimate of drug-likeness (QED) is 0.932. The zero-order valence-corrected chi connectivity index (χ0v) is 11.5. The first kappa shape index (κ1) is 13.8. The summed E-state index contributed by atoms with van der Waals surface area (Å²) in [6, 6.07) is 5.88. The molecule has 0 bridgehead atoms. The normalized spacial score (nSPS) is 10.6. The molecule has 0 radical (unpaired) electrons. The van der Waals surface area contributed by atoms with Gasteiger partial charge in [0.25, 0.3) is 0 Å². The molecule has 0 saturated carbocycles. The van der Waals surface area contributed by atoms with Crippen LogP contribution >= 0.6 is 11.6 Å². The number of halogens is 2. The van der Waals surface area contributed by atoms with E-state index in [4.69, 9.17) is 22.1 Å². The predicted molar refractivity (Wildman–Crippen MR) is 73.1 cm³/mol. The third kappa shape index (κ3) is 3.03. The third-order valence-electron chi connectivity index (χ3n) is 2.74. The minimum Gasteiger partial charge on any atom is -0.437 e. The van der Waals surface area contributed by atoms with Crippen molar-refractivity contribution in [2.24, 2.45) is 5.73 Å². The first-order valence-corrected chi connectivity index (χ1v) is 6.19. The van der Waals surface area contributed by atoms with E-state index in [2.05, 4.69) is 4.98 Å². The number of aryl methyl sites for hydroxylation is 2. The number of benzene rings is 1. The van der Waals surface area contributed by atoms with E-state index < -0.39 is 5.82 Å². The van der Waals surface area contributed by atoms with Gasteiger partial charge in [0.15, 0.2) is 0 Å². The minimum absolute atomic E-state index is 0.198. The van der Waals surface area contributed by atoms with Crippen LogP contribution in [0.1, 0.15) is 16.8 Å². The molecule has 5 heteroatoms. The standard InChI is InChI=1S/C14H14ClFN2O/c1-8-5-9(2)18-14(11(8)7-17)19-13-4-3-10(16)6-12(13)15/h3-6H,7,17H2,1-2H3. The second-order valence-electron chi connectivity index (χ2n) is 4.25. The second kappa shape index (κ2) is 5.55. The van der Waals surface area contributed by atoms with E-state index in [1.54, 1.807) is 0 Å². The Balaban J connectivity index is 2.42. The Bertz CT molecular complexity index is 617. The van der Waals surface area contributed by atoms with Crippen molar-refractivity contribution in [3.8, 4) is 11.6 Å². The van der Waals surface area contributed by atoms with E-state index in [0.717, 1.165) is 16.8 Å². The fourth-order valence-corrected chi connectivity index (χ4v) is 2.03. The van der Waals surface area contributed by atoms with Gasteiger partial charge in [-0.05, 0) is 43.7 Å². The van der Waals surface area contributed by atoms with Gasteiger partial charge in [-0.15, -0.1) is 0 Å². The molecule has 0 amide bonds. The molecule has 2 N–H and O–H groups in total. The number of hydrogen-bond acceptors (Lipinski definition) is 3. The number of nitrogens with two attached hydrogens (primary N) is 1. The van der Waals surface area contributed by atoms with Crippen LogP contribution in [-0.2, 0) is 6.54 Å².